The summed E-state index contributed by atoms with van der Waals surface area (Å²) in [5.74, 6) is 0.913. The van der Waals surface area contributed by atoms with Crippen LogP contribution in [0.4, 0.5) is 5.82 Å². The van der Waals surface area contributed by atoms with E-state index in [0.29, 0.717) is 24.8 Å². The van der Waals surface area contributed by atoms with Crippen molar-refractivity contribution in [3.63, 3.8) is 0 Å². The first kappa shape index (κ1) is 17.1. The summed E-state index contributed by atoms with van der Waals surface area (Å²) >= 11 is 0. The summed E-state index contributed by atoms with van der Waals surface area (Å²) in [6.45, 7) is 3.19. The zero-order valence-corrected chi connectivity index (χ0v) is 14.6. The molecular formula is C18H23N5O2. The lowest BCUT2D eigenvalue weighted by molar-refractivity contribution is -0.132. The van der Waals surface area contributed by atoms with Crippen LogP contribution in [0.1, 0.15) is 18.5 Å². The van der Waals surface area contributed by atoms with Gasteiger partial charge < -0.3 is 9.80 Å². The third kappa shape index (κ3) is 4.04. The summed E-state index contributed by atoms with van der Waals surface area (Å²) in [4.78, 5) is 36.8. The Morgan fingerprint density at radius 1 is 1.28 bits per heavy atom. The third-order valence-corrected chi connectivity index (χ3v) is 4.70. The summed E-state index contributed by atoms with van der Waals surface area (Å²) in [5.41, 5.74) is 0.470. The molecule has 3 rings (SSSR count). The van der Waals surface area contributed by atoms with Crippen molar-refractivity contribution in [2.24, 2.45) is 0 Å². The fourth-order valence-electron chi connectivity index (χ4n) is 3.13. The van der Waals surface area contributed by atoms with E-state index in [-0.39, 0.29) is 18.0 Å². The number of anilines is 1. The van der Waals surface area contributed by atoms with Crippen LogP contribution in [0.2, 0.25) is 0 Å². The summed E-state index contributed by atoms with van der Waals surface area (Å²) in [5, 5.41) is 0. The van der Waals surface area contributed by atoms with Gasteiger partial charge in [0.1, 0.15) is 12.4 Å². The maximum absolute atomic E-state index is 12.5. The monoisotopic (exact) mass is 341 g/mol. The van der Waals surface area contributed by atoms with Gasteiger partial charge in [-0.15, -0.1) is 0 Å². The van der Waals surface area contributed by atoms with Gasteiger partial charge >= 0.3 is 0 Å². The van der Waals surface area contributed by atoms with E-state index in [2.05, 4.69) is 14.9 Å². The standard InChI is InChI=1S/C18H23N5O2/c1-14-11-17(24)23(13-20-14)12-18(25)22-9-6-15(7-10-22)21(2)16-5-3-4-8-19-16/h3-5,8,11,13,15H,6-7,9-10,12H2,1-2H3. The van der Waals surface area contributed by atoms with Gasteiger partial charge in [-0.1, -0.05) is 6.07 Å². The van der Waals surface area contributed by atoms with Gasteiger partial charge in [0.05, 0.1) is 6.33 Å². The Hall–Kier alpha value is -2.70. The molecule has 132 valence electrons. The van der Waals surface area contributed by atoms with Crippen LogP contribution in [0.3, 0.4) is 0 Å². The van der Waals surface area contributed by atoms with Crippen molar-refractivity contribution in [2.75, 3.05) is 25.0 Å². The second kappa shape index (κ2) is 7.46. The minimum atomic E-state index is -0.189. The van der Waals surface area contributed by atoms with Crippen LogP contribution < -0.4 is 10.5 Å². The van der Waals surface area contributed by atoms with Crippen molar-refractivity contribution in [2.45, 2.75) is 32.4 Å². The molecule has 1 aliphatic heterocycles. The average molecular weight is 341 g/mol. The maximum Gasteiger partial charge on any atom is 0.253 e. The van der Waals surface area contributed by atoms with Crippen molar-refractivity contribution in [3.8, 4) is 0 Å². The topological polar surface area (TPSA) is 71.3 Å². The molecule has 7 nitrogen and oxygen atoms in total. The van der Waals surface area contributed by atoms with E-state index in [4.69, 9.17) is 0 Å². The molecule has 0 atom stereocenters. The predicted octanol–water partition coefficient (Wildman–Crippen LogP) is 1.07. The molecule has 2 aromatic rings. The number of likely N-dealkylation sites (tertiary alicyclic amines) is 1. The van der Waals surface area contributed by atoms with E-state index >= 15 is 0 Å². The lowest BCUT2D eigenvalue weighted by atomic mass is 10.0. The largest absolute Gasteiger partial charge is 0.357 e. The fourth-order valence-corrected chi connectivity index (χ4v) is 3.13. The summed E-state index contributed by atoms with van der Waals surface area (Å²) in [7, 11) is 2.04. The van der Waals surface area contributed by atoms with Gasteiger partial charge in [-0.3, -0.25) is 14.2 Å². The number of amides is 1. The van der Waals surface area contributed by atoms with E-state index in [9.17, 15) is 9.59 Å². The Bertz CT molecular complexity index is 782. The number of nitrogens with zero attached hydrogens (tertiary/aromatic N) is 5. The molecule has 0 saturated carbocycles. The Labute approximate surface area is 146 Å². The lowest BCUT2D eigenvalue weighted by Gasteiger charge is -2.37. The number of carbonyl (C=O) groups excluding carboxylic acids is 1. The van der Waals surface area contributed by atoms with Crippen molar-refractivity contribution < 1.29 is 4.79 Å². The van der Waals surface area contributed by atoms with Crippen LogP contribution in [0.15, 0.2) is 41.6 Å². The summed E-state index contributed by atoms with van der Waals surface area (Å²) in [6, 6.07) is 7.68. The molecule has 0 N–H and O–H groups in total. The second-order valence-electron chi connectivity index (χ2n) is 6.41. The zero-order valence-electron chi connectivity index (χ0n) is 14.6. The molecule has 2 aromatic heterocycles. The molecule has 7 heteroatoms. The van der Waals surface area contributed by atoms with Crippen molar-refractivity contribution in [1.29, 1.82) is 0 Å². The number of carbonyl (C=O) groups is 1. The lowest BCUT2D eigenvalue weighted by Crippen LogP contribution is -2.47. The Morgan fingerprint density at radius 2 is 2.04 bits per heavy atom. The molecule has 0 aromatic carbocycles. The van der Waals surface area contributed by atoms with E-state index in [1.807, 2.05) is 30.1 Å². The molecule has 0 radical (unpaired) electrons. The van der Waals surface area contributed by atoms with Crippen LogP contribution in [-0.2, 0) is 11.3 Å². The molecule has 1 fully saturated rings. The first-order chi connectivity index (χ1) is 12.0. The van der Waals surface area contributed by atoms with E-state index in [1.165, 1.54) is 17.0 Å². The highest BCUT2D eigenvalue weighted by molar-refractivity contribution is 5.76. The molecule has 1 saturated heterocycles. The highest BCUT2D eigenvalue weighted by atomic mass is 16.2. The van der Waals surface area contributed by atoms with Crippen LogP contribution in [-0.4, -0.2) is 51.5 Å². The van der Waals surface area contributed by atoms with E-state index in [0.717, 1.165) is 18.7 Å². The van der Waals surface area contributed by atoms with Gasteiger partial charge in [0.25, 0.3) is 5.56 Å². The van der Waals surface area contributed by atoms with Crippen LogP contribution >= 0.6 is 0 Å². The first-order valence-corrected chi connectivity index (χ1v) is 8.49. The molecule has 0 aliphatic carbocycles. The van der Waals surface area contributed by atoms with Gasteiger partial charge in [0, 0.05) is 44.1 Å². The van der Waals surface area contributed by atoms with Crippen molar-refractivity contribution in [1.82, 2.24) is 19.4 Å². The number of hydrogen-bond acceptors (Lipinski definition) is 5. The maximum atomic E-state index is 12.5. The quantitative estimate of drug-likeness (QED) is 0.832. The van der Waals surface area contributed by atoms with Crippen molar-refractivity contribution in [3.05, 3.63) is 52.8 Å². The Kier molecular flexibility index (Phi) is 5.11. The SMILES string of the molecule is Cc1cc(=O)n(CC(=O)N2CCC(N(C)c3ccccn3)CC2)cn1. The van der Waals surface area contributed by atoms with Gasteiger partial charge in [-0.25, -0.2) is 9.97 Å². The molecule has 0 unspecified atom stereocenters. The number of pyridine rings is 1. The third-order valence-electron chi connectivity index (χ3n) is 4.70. The van der Waals surface area contributed by atoms with Crippen LogP contribution in [0.25, 0.3) is 0 Å². The molecule has 3 heterocycles. The predicted molar refractivity (Wildman–Crippen MR) is 95.5 cm³/mol. The van der Waals surface area contributed by atoms with Crippen LogP contribution in [0, 0.1) is 6.92 Å². The Morgan fingerprint density at radius 3 is 2.68 bits per heavy atom. The van der Waals surface area contributed by atoms with Crippen molar-refractivity contribution >= 4 is 11.7 Å². The molecular weight excluding hydrogens is 318 g/mol. The summed E-state index contributed by atoms with van der Waals surface area (Å²) in [6.07, 6.45) is 5.01. The van der Waals surface area contributed by atoms with E-state index < -0.39 is 0 Å². The smallest absolute Gasteiger partial charge is 0.253 e. The molecule has 0 bridgehead atoms. The van der Waals surface area contributed by atoms with Crippen LogP contribution in [0.5, 0.6) is 0 Å². The molecule has 25 heavy (non-hydrogen) atoms. The first-order valence-electron chi connectivity index (χ1n) is 8.49. The number of aromatic nitrogens is 3. The molecule has 0 spiro atoms. The Balaban J connectivity index is 1.56. The van der Waals surface area contributed by atoms with Gasteiger partial charge in [-0.2, -0.15) is 0 Å². The number of rotatable bonds is 4. The normalized spacial score (nSPS) is 15.2. The fraction of sp³-hybridized carbons (Fsp3) is 0.444. The highest BCUT2D eigenvalue weighted by Crippen LogP contribution is 2.20. The average Bonchev–Trinajstić information content (AvgIpc) is 2.64. The van der Waals surface area contributed by atoms with Gasteiger partial charge in [0.15, 0.2) is 0 Å². The second-order valence-corrected chi connectivity index (χ2v) is 6.41. The van der Waals surface area contributed by atoms with Gasteiger partial charge in [-0.05, 0) is 31.9 Å². The minimum Gasteiger partial charge on any atom is -0.357 e. The number of piperidine rings is 1. The zero-order chi connectivity index (χ0) is 17.8. The van der Waals surface area contributed by atoms with E-state index in [1.54, 1.807) is 13.1 Å². The number of aryl methyl sites for hydroxylation is 1. The molecule has 1 amide bonds. The van der Waals surface area contributed by atoms with Gasteiger partial charge in [0.2, 0.25) is 5.91 Å². The minimum absolute atomic E-state index is 0.0355. The molecule has 1 aliphatic rings. The summed E-state index contributed by atoms with van der Waals surface area (Å²) < 4.78 is 1.36. The number of hydrogen-bond donors (Lipinski definition) is 0. The highest BCUT2D eigenvalue weighted by Gasteiger charge is 2.26.